The SMILES string of the molecule is O=C1CC(c2ccc(O)cc2)c2c(nc(SCc3cccc(Cl)c3)[nH]c2=O)N1. The molecule has 0 aliphatic carbocycles. The van der Waals surface area contributed by atoms with Gasteiger partial charge in [0.25, 0.3) is 5.56 Å². The summed E-state index contributed by atoms with van der Waals surface area (Å²) in [5, 5.41) is 13.3. The van der Waals surface area contributed by atoms with E-state index < -0.39 is 5.92 Å². The predicted octanol–water partition coefficient (Wildman–Crippen LogP) is 3.90. The summed E-state index contributed by atoms with van der Waals surface area (Å²) in [6.45, 7) is 0. The minimum absolute atomic E-state index is 0.129. The van der Waals surface area contributed by atoms with Crippen molar-refractivity contribution in [3.63, 3.8) is 0 Å². The molecule has 3 aromatic rings. The zero-order chi connectivity index (χ0) is 19.7. The number of aromatic nitrogens is 2. The van der Waals surface area contributed by atoms with Crippen LogP contribution < -0.4 is 10.9 Å². The number of amides is 1. The van der Waals surface area contributed by atoms with E-state index in [9.17, 15) is 14.7 Å². The van der Waals surface area contributed by atoms with Crippen LogP contribution in [0.4, 0.5) is 5.82 Å². The Labute approximate surface area is 170 Å². The molecule has 1 amide bonds. The molecule has 6 nitrogen and oxygen atoms in total. The van der Waals surface area contributed by atoms with Gasteiger partial charge in [0.1, 0.15) is 11.6 Å². The summed E-state index contributed by atoms with van der Waals surface area (Å²) in [6.07, 6.45) is 0.150. The van der Waals surface area contributed by atoms with Crippen LogP contribution in [-0.2, 0) is 10.5 Å². The minimum atomic E-state index is -0.410. The molecule has 142 valence electrons. The van der Waals surface area contributed by atoms with Crippen molar-refractivity contribution in [3.05, 3.63) is 80.6 Å². The number of hydrogen-bond acceptors (Lipinski definition) is 5. The van der Waals surface area contributed by atoms with E-state index in [-0.39, 0.29) is 29.5 Å². The van der Waals surface area contributed by atoms with Crippen LogP contribution in [0.3, 0.4) is 0 Å². The second kappa shape index (κ2) is 7.69. The first-order valence-electron chi connectivity index (χ1n) is 8.60. The zero-order valence-electron chi connectivity index (χ0n) is 14.6. The lowest BCUT2D eigenvalue weighted by molar-refractivity contribution is -0.116. The van der Waals surface area contributed by atoms with Gasteiger partial charge in [0.15, 0.2) is 5.16 Å². The van der Waals surface area contributed by atoms with Crippen LogP contribution in [0.1, 0.15) is 29.0 Å². The molecule has 1 aromatic heterocycles. The Balaban J connectivity index is 1.65. The number of hydrogen-bond donors (Lipinski definition) is 3. The van der Waals surface area contributed by atoms with Gasteiger partial charge in [-0.15, -0.1) is 0 Å². The number of phenolic OH excluding ortho intramolecular Hbond substituents is 1. The number of nitrogens with zero attached hydrogens (tertiary/aromatic N) is 1. The Kier molecular flexibility index (Phi) is 5.11. The van der Waals surface area contributed by atoms with Gasteiger partial charge in [-0.25, -0.2) is 4.98 Å². The largest absolute Gasteiger partial charge is 0.508 e. The Morgan fingerprint density at radius 3 is 2.71 bits per heavy atom. The number of carbonyl (C=O) groups excluding carboxylic acids is 1. The maximum atomic E-state index is 12.8. The summed E-state index contributed by atoms with van der Waals surface area (Å²) >= 11 is 7.36. The number of benzene rings is 2. The third-order valence-electron chi connectivity index (χ3n) is 4.49. The van der Waals surface area contributed by atoms with Crippen LogP contribution in [-0.4, -0.2) is 21.0 Å². The van der Waals surface area contributed by atoms with Crippen LogP contribution >= 0.6 is 23.4 Å². The summed E-state index contributed by atoms with van der Waals surface area (Å²) in [5.41, 5.74) is 1.93. The normalized spacial score (nSPS) is 15.8. The molecule has 1 unspecified atom stereocenters. The van der Waals surface area contributed by atoms with Crippen LogP contribution in [0, 0.1) is 0 Å². The third kappa shape index (κ3) is 3.90. The summed E-state index contributed by atoms with van der Waals surface area (Å²) in [7, 11) is 0. The fourth-order valence-corrected chi connectivity index (χ4v) is 4.21. The maximum Gasteiger partial charge on any atom is 0.257 e. The fourth-order valence-electron chi connectivity index (χ4n) is 3.19. The Morgan fingerprint density at radius 1 is 1.18 bits per heavy atom. The number of aromatic hydroxyl groups is 1. The number of nitrogens with one attached hydrogen (secondary N) is 2. The van der Waals surface area contributed by atoms with Gasteiger partial charge in [-0.3, -0.25) is 9.59 Å². The van der Waals surface area contributed by atoms with E-state index in [1.54, 1.807) is 30.3 Å². The van der Waals surface area contributed by atoms with Gasteiger partial charge in [0, 0.05) is 23.1 Å². The molecular formula is C20H16ClN3O3S. The predicted molar refractivity (Wildman–Crippen MR) is 109 cm³/mol. The van der Waals surface area contributed by atoms with Crippen LogP contribution in [0.5, 0.6) is 5.75 Å². The molecule has 8 heteroatoms. The van der Waals surface area contributed by atoms with E-state index in [1.807, 2.05) is 18.2 Å². The number of H-pyrrole nitrogens is 1. The van der Waals surface area contributed by atoms with E-state index in [1.165, 1.54) is 11.8 Å². The fraction of sp³-hybridized carbons (Fsp3) is 0.150. The van der Waals surface area contributed by atoms with Crippen LogP contribution in [0.15, 0.2) is 58.5 Å². The lowest BCUT2D eigenvalue weighted by atomic mass is 9.87. The number of halogens is 1. The molecule has 0 bridgehead atoms. The molecule has 3 N–H and O–H groups in total. The molecule has 2 aromatic carbocycles. The van der Waals surface area contributed by atoms with Crippen molar-refractivity contribution in [1.82, 2.24) is 9.97 Å². The standard InChI is InChI=1S/C20H16ClN3O3S/c21-13-3-1-2-11(8-13)10-28-20-23-18-17(19(27)24-20)15(9-16(26)22-18)12-4-6-14(25)7-5-12/h1-8,15,25H,9-10H2,(H2,22,23,24,26,27). The first-order valence-corrected chi connectivity index (χ1v) is 9.96. The monoisotopic (exact) mass is 413 g/mol. The highest BCUT2D eigenvalue weighted by Gasteiger charge is 2.30. The lowest BCUT2D eigenvalue weighted by Gasteiger charge is -2.24. The molecule has 1 aliphatic rings. The minimum Gasteiger partial charge on any atom is -0.508 e. The Hall–Kier alpha value is -2.77. The highest BCUT2D eigenvalue weighted by molar-refractivity contribution is 7.98. The van der Waals surface area contributed by atoms with Crippen LogP contribution in [0.25, 0.3) is 0 Å². The highest BCUT2D eigenvalue weighted by atomic mass is 35.5. The molecule has 1 atom stereocenters. The van der Waals surface area contributed by atoms with E-state index in [2.05, 4.69) is 15.3 Å². The summed E-state index contributed by atoms with van der Waals surface area (Å²) < 4.78 is 0. The van der Waals surface area contributed by atoms with Crippen molar-refractivity contribution in [2.24, 2.45) is 0 Å². The molecular weight excluding hydrogens is 398 g/mol. The van der Waals surface area contributed by atoms with Gasteiger partial charge in [0.2, 0.25) is 5.91 Å². The van der Waals surface area contributed by atoms with Gasteiger partial charge < -0.3 is 15.4 Å². The van der Waals surface area contributed by atoms with E-state index in [4.69, 9.17) is 11.6 Å². The molecule has 2 heterocycles. The van der Waals surface area contributed by atoms with E-state index in [0.717, 1.165) is 11.1 Å². The molecule has 4 rings (SSSR count). The van der Waals surface area contributed by atoms with Crippen molar-refractivity contribution in [2.45, 2.75) is 23.2 Å². The summed E-state index contributed by atoms with van der Waals surface area (Å²) in [6, 6.07) is 14.0. The number of aromatic amines is 1. The summed E-state index contributed by atoms with van der Waals surface area (Å²) in [4.78, 5) is 32.2. The van der Waals surface area contributed by atoms with E-state index >= 15 is 0 Å². The average molecular weight is 414 g/mol. The smallest absolute Gasteiger partial charge is 0.257 e. The topological polar surface area (TPSA) is 95.1 Å². The molecule has 0 fully saturated rings. The lowest BCUT2D eigenvalue weighted by Crippen LogP contribution is -2.31. The number of fused-ring (bicyclic) bond motifs is 1. The second-order valence-corrected chi connectivity index (χ2v) is 7.85. The van der Waals surface area contributed by atoms with Crippen molar-refractivity contribution in [1.29, 1.82) is 0 Å². The van der Waals surface area contributed by atoms with Gasteiger partial charge >= 0.3 is 0 Å². The molecule has 1 aliphatic heterocycles. The number of rotatable bonds is 4. The molecule has 0 saturated heterocycles. The first kappa shape index (κ1) is 18.6. The number of thioether (sulfide) groups is 1. The molecule has 0 spiro atoms. The Bertz CT molecular complexity index is 1100. The quantitative estimate of drug-likeness (QED) is 0.445. The third-order valence-corrected chi connectivity index (χ3v) is 5.67. The van der Waals surface area contributed by atoms with Gasteiger partial charge in [0.05, 0.1) is 5.56 Å². The highest BCUT2D eigenvalue weighted by Crippen LogP contribution is 2.35. The van der Waals surface area contributed by atoms with Gasteiger partial charge in [-0.2, -0.15) is 0 Å². The zero-order valence-corrected chi connectivity index (χ0v) is 16.2. The molecule has 28 heavy (non-hydrogen) atoms. The molecule has 0 radical (unpaired) electrons. The average Bonchev–Trinajstić information content (AvgIpc) is 2.66. The maximum absolute atomic E-state index is 12.8. The van der Waals surface area contributed by atoms with Gasteiger partial charge in [-0.05, 0) is 35.4 Å². The number of carbonyl (C=O) groups is 1. The van der Waals surface area contributed by atoms with Crippen molar-refractivity contribution in [3.8, 4) is 5.75 Å². The number of phenols is 1. The van der Waals surface area contributed by atoms with Crippen molar-refractivity contribution >= 4 is 35.1 Å². The van der Waals surface area contributed by atoms with Gasteiger partial charge in [-0.1, -0.05) is 47.6 Å². The first-order chi connectivity index (χ1) is 13.5. The van der Waals surface area contributed by atoms with E-state index in [0.29, 0.717) is 21.5 Å². The second-order valence-electron chi connectivity index (χ2n) is 6.45. The van der Waals surface area contributed by atoms with Crippen LogP contribution in [0.2, 0.25) is 5.02 Å². The van der Waals surface area contributed by atoms with Crippen molar-refractivity contribution in [2.75, 3.05) is 5.32 Å². The molecule has 0 saturated carbocycles. The Morgan fingerprint density at radius 2 is 1.96 bits per heavy atom. The number of anilines is 1. The van der Waals surface area contributed by atoms with Crippen molar-refractivity contribution < 1.29 is 9.90 Å². The summed E-state index contributed by atoms with van der Waals surface area (Å²) in [5.74, 6) is 0.384.